The Morgan fingerprint density at radius 1 is 1.47 bits per heavy atom. The zero-order valence-corrected chi connectivity index (χ0v) is 10.1. The maximum absolute atomic E-state index is 11.7. The number of nitrogens with one attached hydrogen (secondary N) is 1. The SMILES string of the molecule is COC(=O)C(C)NC(=O)c1ccc(O)c(Cl)c1. The molecule has 5 nitrogen and oxygen atoms in total. The zero-order chi connectivity index (χ0) is 13.0. The van der Waals surface area contributed by atoms with Crippen molar-refractivity contribution in [2.24, 2.45) is 0 Å². The highest BCUT2D eigenvalue weighted by Crippen LogP contribution is 2.23. The van der Waals surface area contributed by atoms with E-state index < -0.39 is 17.9 Å². The van der Waals surface area contributed by atoms with E-state index in [1.54, 1.807) is 0 Å². The van der Waals surface area contributed by atoms with Crippen LogP contribution in [-0.2, 0) is 9.53 Å². The predicted octanol–water partition coefficient (Wildman–Crippen LogP) is 1.34. The lowest BCUT2D eigenvalue weighted by molar-refractivity contribution is -0.142. The second-order valence-electron chi connectivity index (χ2n) is 3.38. The third kappa shape index (κ3) is 3.35. The van der Waals surface area contributed by atoms with Crippen molar-refractivity contribution in [3.63, 3.8) is 0 Å². The Hall–Kier alpha value is -1.75. The van der Waals surface area contributed by atoms with Gasteiger partial charge in [0.25, 0.3) is 5.91 Å². The third-order valence-electron chi connectivity index (χ3n) is 2.11. The van der Waals surface area contributed by atoms with Gasteiger partial charge in [0.2, 0.25) is 0 Å². The van der Waals surface area contributed by atoms with Crippen molar-refractivity contribution in [2.75, 3.05) is 7.11 Å². The lowest BCUT2D eigenvalue weighted by atomic mass is 10.2. The van der Waals surface area contributed by atoms with E-state index in [1.807, 2.05) is 0 Å². The number of aromatic hydroxyl groups is 1. The van der Waals surface area contributed by atoms with Gasteiger partial charge in [0.05, 0.1) is 12.1 Å². The molecule has 0 heterocycles. The summed E-state index contributed by atoms with van der Waals surface area (Å²) < 4.78 is 4.47. The second-order valence-corrected chi connectivity index (χ2v) is 3.79. The lowest BCUT2D eigenvalue weighted by Gasteiger charge is -2.11. The molecule has 17 heavy (non-hydrogen) atoms. The van der Waals surface area contributed by atoms with E-state index in [9.17, 15) is 14.7 Å². The Morgan fingerprint density at radius 3 is 2.65 bits per heavy atom. The van der Waals surface area contributed by atoms with Gasteiger partial charge in [-0.25, -0.2) is 4.79 Å². The normalized spacial score (nSPS) is 11.7. The fourth-order valence-corrected chi connectivity index (χ4v) is 1.34. The van der Waals surface area contributed by atoms with Gasteiger partial charge in [0, 0.05) is 5.56 Å². The number of amides is 1. The Morgan fingerprint density at radius 2 is 2.12 bits per heavy atom. The Balaban J connectivity index is 2.76. The van der Waals surface area contributed by atoms with Crippen LogP contribution in [0.4, 0.5) is 0 Å². The first-order valence-corrected chi connectivity index (χ1v) is 5.20. The van der Waals surface area contributed by atoms with Crippen molar-refractivity contribution < 1.29 is 19.4 Å². The average Bonchev–Trinajstić information content (AvgIpc) is 2.31. The van der Waals surface area contributed by atoms with Gasteiger partial charge in [-0.3, -0.25) is 4.79 Å². The molecule has 0 fully saturated rings. The molecule has 1 rings (SSSR count). The molecule has 0 aliphatic rings. The Kier molecular flexibility index (Phi) is 4.34. The molecule has 0 radical (unpaired) electrons. The maximum Gasteiger partial charge on any atom is 0.328 e. The zero-order valence-electron chi connectivity index (χ0n) is 9.36. The van der Waals surface area contributed by atoms with Crippen LogP contribution in [0.2, 0.25) is 5.02 Å². The van der Waals surface area contributed by atoms with Crippen molar-refractivity contribution in [1.82, 2.24) is 5.32 Å². The summed E-state index contributed by atoms with van der Waals surface area (Å²) >= 11 is 5.66. The van der Waals surface area contributed by atoms with Crippen LogP contribution in [0.1, 0.15) is 17.3 Å². The monoisotopic (exact) mass is 257 g/mol. The van der Waals surface area contributed by atoms with Crippen LogP contribution in [0.5, 0.6) is 5.75 Å². The minimum absolute atomic E-state index is 0.0726. The van der Waals surface area contributed by atoms with E-state index >= 15 is 0 Å². The smallest absolute Gasteiger partial charge is 0.328 e. The van der Waals surface area contributed by atoms with E-state index in [2.05, 4.69) is 10.1 Å². The summed E-state index contributed by atoms with van der Waals surface area (Å²) in [5.74, 6) is -1.11. The fraction of sp³-hybridized carbons (Fsp3) is 0.273. The van der Waals surface area contributed by atoms with Crippen molar-refractivity contribution in [3.05, 3.63) is 28.8 Å². The summed E-state index contributed by atoms with van der Waals surface area (Å²) in [4.78, 5) is 22.8. The number of rotatable bonds is 3. The predicted molar refractivity (Wildman–Crippen MR) is 62.1 cm³/mol. The molecular weight excluding hydrogens is 246 g/mol. The fourth-order valence-electron chi connectivity index (χ4n) is 1.16. The molecule has 1 atom stereocenters. The lowest BCUT2D eigenvalue weighted by Crippen LogP contribution is -2.39. The molecule has 1 aromatic carbocycles. The van der Waals surface area contributed by atoms with E-state index in [4.69, 9.17) is 11.6 Å². The number of phenols is 1. The van der Waals surface area contributed by atoms with Crippen LogP contribution in [0.15, 0.2) is 18.2 Å². The van der Waals surface area contributed by atoms with E-state index in [0.29, 0.717) is 0 Å². The van der Waals surface area contributed by atoms with Gasteiger partial charge in [-0.15, -0.1) is 0 Å². The van der Waals surface area contributed by atoms with Crippen molar-refractivity contribution in [3.8, 4) is 5.75 Å². The molecule has 6 heteroatoms. The molecule has 1 unspecified atom stereocenters. The molecular formula is C11H12ClNO4. The molecule has 0 aromatic heterocycles. The average molecular weight is 258 g/mol. The van der Waals surface area contributed by atoms with Gasteiger partial charge in [0.1, 0.15) is 11.8 Å². The largest absolute Gasteiger partial charge is 0.506 e. The second kappa shape index (κ2) is 5.54. The summed E-state index contributed by atoms with van der Waals surface area (Å²) in [7, 11) is 1.24. The summed E-state index contributed by atoms with van der Waals surface area (Å²) in [5, 5.41) is 11.7. The Bertz CT molecular complexity index is 447. The number of benzene rings is 1. The first-order chi connectivity index (χ1) is 7.95. The maximum atomic E-state index is 11.7. The number of esters is 1. The van der Waals surface area contributed by atoms with Crippen LogP contribution in [0, 0.1) is 0 Å². The molecule has 0 aliphatic carbocycles. The topological polar surface area (TPSA) is 75.6 Å². The minimum Gasteiger partial charge on any atom is -0.506 e. The van der Waals surface area contributed by atoms with Gasteiger partial charge in [-0.05, 0) is 25.1 Å². The molecule has 0 spiro atoms. The highest BCUT2D eigenvalue weighted by molar-refractivity contribution is 6.32. The van der Waals surface area contributed by atoms with E-state index in [0.717, 1.165) is 0 Å². The number of methoxy groups -OCH3 is 1. The van der Waals surface area contributed by atoms with Crippen LogP contribution in [0.3, 0.4) is 0 Å². The molecule has 0 saturated carbocycles. The highest BCUT2D eigenvalue weighted by atomic mass is 35.5. The number of ether oxygens (including phenoxy) is 1. The van der Waals surface area contributed by atoms with E-state index in [-0.39, 0.29) is 16.3 Å². The summed E-state index contributed by atoms with van der Waals surface area (Å²) in [6.07, 6.45) is 0. The molecule has 1 amide bonds. The van der Waals surface area contributed by atoms with Gasteiger partial charge >= 0.3 is 5.97 Å². The number of hydrogen-bond acceptors (Lipinski definition) is 4. The molecule has 92 valence electrons. The van der Waals surface area contributed by atoms with Gasteiger partial charge in [0.15, 0.2) is 0 Å². The summed E-state index contributed by atoms with van der Waals surface area (Å²) in [6.45, 7) is 1.51. The van der Waals surface area contributed by atoms with Gasteiger partial charge in [-0.1, -0.05) is 11.6 Å². The molecule has 0 aliphatic heterocycles. The van der Waals surface area contributed by atoms with Crippen LogP contribution >= 0.6 is 11.6 Å². The van der Waals surface area contributed by atoms with Crippen molar-refractivity contribution in [2.45, 2.75) is 13.0 Å². The number of phenolic OH excluding ortho intramolecular Hbond substituents is 1. The van der Waals surface area contributed by atoms with Gasteiger partial charge in [-0.2, -0.15) is 0 Å². The van der Waals surface area contributed by atoms with Crippen LogP contribution in [0.25, 0.3) is 0 Å². The van der Waals surface area contributed by atoms with E-state index in [1.165, 1.54) is 32.2 Å². The quantitative estimate of drug-likeness (QED) is 0.801. The Labute approximate surface area is 103 Å². The molecule has 2 N–H and O–H groups in total. The van der Waals surface area contributed by atoms with Crippen molar-refractivity contribution in [1.29, 1.82) is 0 Å². The van der Waals surface area contributed by atoms with Gasteiger partial charge < -0.3 is 15.2 Å². The summed E-state index contributed by atoms with van der Waals surface area (Å²) in [6, 6.07) is 3.27. The standard InChI is InChI=1S/C11H12ClNO4/c1-6(11(16)17-2)13-10(15)7-3-4-9(14)8(12)5-7/h3-6,14H,1-2H3,(H,13,15). The number of hydrogen-bond donors (Lipinski definition) is 2. The minimum atomic E-state index is -0.750. The van der Waals surface area contributed by atoms with Crippen molar-refractivity contribution >= 4 is 23.5 Å². The molecule has 0 saturated heterocycles. The molecule has 1 aromatic rings. The van der Waals surface area contributed by atoms with Crippen LogP contribution in [-0.4, -0.2) is 30.1 Å². The molecule has 0 bridgehead atoms. The third-order valence-corrected chi connectivity index (χ3v) is 2.41. The highest BCUT2D eigenvalue weighted by Gasteiger charge is 2.17. The first-order valence-electron chi connectivity index (χ1n) is 4.83. The number of carbonyl (C=O) groups is 2. The number of carbonyl (C=O) groups excluding carboxylic acids is 2. The van der Waals surface area contributed by atoms with Crippen LogP contribution < -0.4 is 5.32 Å². The summed E-state index contributed by atoms with van der Waals surface area (Å²) in [5.41, 5.74) is 0.253. The number of halogens is 1. The first kappa shape index (κ1) is 13.3.